The van der Waals surface area contributed by atoms with Crippen molar-refractivity contribution in [2.45, 2.75) is 38.9 Å². The number of hydrogen-bond acceptors (Lipinski definition) is 7. The van der Waals surface area contributed by atoms with Crippen molar-refractivity contribution in [2.24, 2.45) is 0 Å². The second kappa shape index (κ2) is 10.8. The molecule has 0 radical (unpaired) electrons. The molecule has 0 saturated heterocycles. The summed E-state index contributed by atoms with van der Waals surface area (Å²) in [7, 11) is 0. The van der Waals surface area contributed by atoms with E-state index in [-0.39, 0.29) is 40.0 Å². The monoisotopic (exact) mass is 511 g/mol. The fourth-order valence-electron chi connectivity index (χ4n) is 3.12. The maximum absolute atomic E-state index is 13.1. The number of aromatic nitrogens is 3. The number of aliphatic hydroxyl groups is 1. The minimum atomic E-state index is -4.57. The van der Waals surface area contributed by atoms with E-state index < -0.39 is 29.6 Å². The number of hydrogen-bond donors (Lipinski definition) is 3. The number of nitrogens with one attached hydrogen (secondary N) is 2. The van der Waals surface area contributed by atoms with Gasteiger partial charge in [0.25, 0.3) is 11.8 Å². The van der Waals surface area contributed by atoms with Gasteiger partial charge in [0.05, 0.1) is 22.3 Å². The number of rotatable bonds is 8. The lowest BCUT2D eigenvalue weighted by Crippen LogP contribution is -2.28. The van der Waals surface area contributed by atoms with Crippen LogP contribution < -0.4 is 10.6 Å². The maximum Gasteiger partial charge on any atom is 0.416 e. The van der Waals surface area contributed by atoms with Gasteiger partial charge in [0.2, 0.25) is 5.76 Å². The number of carbonyl (C=O) groups is 2. The van der Waals surface area contributed by atoms with E-state index in [1.165, 1.54) is 31.5 Å². The van der Waals surface area contributed by atoms with Gasteiger partial charge in [-0.2, -0.15) is 13.2 Å². The number of aryl methyl sites for hydroxylation is 2. The van der Waals surface area contributed by atoms with Crippen molar-refractivity contribution < 1.29 is 32.4 Å². The van der Waals surface area contributed by atoms with Gasteiger partial charge in [-0.3, -0.25) is 9.59 Å². The van der Waals surface area contributed by atoms with Gasteiger partial charge in [-0.05, 0) is 44.4 Å². The summed E-state index contributed by atoms with van der Waals surface area (Å²) in [5.41, 5.74) is -0.378. The lowest BCUT2D eigenvalue weighted by molar-refractivity contribution is -0.138. The van der Waals surface area contributed by atoms with Gasteiger partial charge in [-0.15, -0.1) is 0 Å². The number of aliphatic hydroxyl groups excluding tert-OH is 1. The van der Waals surface area contributed by atoms with E-state index in [0.717, 1.165) is 6.07 Å². The van der Waals surface area contributed by atoms with Crippen LogP contribution in [-0.2, 0) is 12.6 Å². The molecule has 0 spiro atoms. The smallest absolute Gasteiger partial charge is 0.396 e. The Bertz CT molecular complexity index is 1230. The standard InChI is InChI=1S/C22H21ClF3N5O4/c1-11-5-6-13(8-14(11)22(24,25)26)30-20(33)17-9-16(31-35-17)12(2)29-21(34)19-18(23)15(4-3-7-32)27-10-28-19/h5-6,8-10,12,32H,3-4,7H2,1-2H3,(H,29,34)(H,30,33)/t12-/m1/s1. The van der Waals surface area contributed by atoms with Crippen molar-refractivity contribution >= 4 is 29.1 Å². The Morgan fingerprint density at radius 1 is 1.20 bits per heavy atom. The molecule has 2 amide bonds. The Morgan fingerprint density at radius 3 is 2.63 bits per heavy atom. The predicted molar refractivity (Wildman–Crippen MR) is 119 cm³/mol. The Kier molecular flexibility index (Phi) is 8.07. The molecule has 3 aromatic rings. The number of anilines is 1. The van der Waals surface area contributed by atoms with Crippen LogP contribution in [0.5, 0.6) is 0 Å². The highest BCUT2D eigenvalue weighted by Crippen LogP contribution is 2.33. The first kappa shape index (κ1) is 26.1. The SMILES string of the molecule is Cc1ccc(NC(=O)c2cc([C@@H](C)NC(=O)c3ncnc(CCCO)c3Cl)no2)cc1C(F)(F)F. The number of alkyl halides is 3. The summed E-state index contributed by atoms with van der Waals surface area (Å²) in [5.74, 6) is -1.70. The minimum absolute atomic E-state index is 0.0197. The van der Waals surface area contributed by atoms with E-state index in [9.17, 15) is 22.8 Å². The third-order valence-electron chi connectivity index (χ3n) is 4.99. The van der Waals surface area contributed by atoms with Crippen molar-refractivity contribution in [3.05, 3.63) is 69.6 Å². The van der Waals surface area contributed by atoms with E-state index >= 15 is 0 Å². The molecule has 1 atom stereocenters. The summed E-state index contributed by atoms with van der Waals surface area (Å²) < 4.78 is 44.3. The Balaban J connectivity index is 1.69. The quantitative estimate of drug-likeness (QED) is 0.415. The predicted octanol–water partition coefficient (Wildman–Crippen LogP) is 4.11. The molecule has 9 nitrogen and oxygen atoms in total. The third-order valence-corrected chi connectivity index (χ3v) is 5.39. The highest BCUT2D eigenvalue weighted by molar-refractivity contribution is 6.34. The first-order chi connectivity index (χ1) is 16.5. The third kappa shape index (κ3) is 6.34. The summed E-state index contributed by atoms with van der Waals surface area (Å²) >= 11 is 6.22. The summed E-state index contributed by atoms with van der Waals surface area (Å²) in [6, 6.07) is 3.94. The lowest BCUT2D eigenvalue weighted by atomic mass is 10.1. The van der Waals surface area contributed by atoms with Crippen LogP contribution in [-0.4, -0.2) is 38.7 Å². The van der Waals surface area contributed by atoms with Crippen molar-refractivity contribution in [2.75, 3.05) is 11.9 Å². The first-order valence-corrected chi connectivity index (χ1v) is 10.8. The maximum atomic E-state index is 13.1. The Hall–Kier alpha value is -3.51. The number of halogens is 4. The zero-order valence-electron chi connectivity index (χ0n) is 18.6. The van der Waals surface area contributed by atoms with Crippen molar-refractivity contribution in [1.82, 2.24) is 20.4 Å². The molecule has 0 aliphatic heterocycles. The highest BCUT2D eigenvalue weighted by atomic mass is 35.5. The number of amides is 2. The molecule has 0 saturated carbocycles. The van der Waals surface area contributed by atoms with Crippen LogP contribution in [0, 0.1) is 6.92 Å². The van der Waals surface area contributed by atoms with E-state index in [1.807, 2.05) is 0 Å². The molecule has 0 fully saturated rings. The molecular weight excluding hydrogens is 491 g/mol. The molecule has 0 unspecified atom stereocenters. The van der Waals surface area contributed by atoms with Crippen molar-refractivity contribution in [3.63, 3.8) is 0 Å². The molecule has 2 heterocycles. The average Bonchev–Trinajstić information content (AvgIpc) is 3.29. The molecule has 186 valence electrons. The van der Waals surface area contributed by atoms with Crippen LogP contribution in [0.15, 0.2) is 35.1 Å². The number of carbonyl (C=O) groups excluding carboxylic acids is 2. The van der Waals surface area contributed by atoms with E-state index in [2.05, 4.69) is 25.8 Å². The second-order valence-corrected chi connectivity index (χ2v) is 7.98. The van der Waals surface area contributed by atoms with E-state index in [0.29, 0.717) is 18.5 Å². The fraction of sp³-hybridized carbons (Fsp3) is 0.318. The molecule has 0 aliphatic rings. The summed E-state index contributed by atoms with van der Waals surface area (Å²) in [6.07, 6.45) is -2.60. The molecule has 3 rings (SSSR count). The highest BCUT2D eigenvalue weighted by Gasteiger charge is 2.32. The van der Waals surface area contributed by atoms with Gasteiger partial charge in [0.1, 0.15) is 17.7 Å². The van der Waals surface area contributed by atoms with E-state index in [1.54, 1.807) is 6.92 Å². The summed E-state index contributed by atoms with van der Waals surface area (Å²) in [6.45, 7) is 2.83. The van der Waals surface area contributed by atoms with Gasteiger partial charge < -0.3 is 20.3 Å². The lowest BCUT2D eigenvalue weighted by Gasteiger charge is -2.12. The topological polar surface area (TPSA) is 130 Å². The zero-order valence-corrected chi connectivity index (χ0v) is 19.4. The van der Waals surface area contributed by atoms with Gasteiger partial charge in [0.15, 0.2) is 0 Å². The minimum Gasteiger partial charge on any atom is -0.396 e. The average molecular weight is 512 g/mol. The van der Waals surface area contributed by atoms with Crippen LogP contribution in [0.25, 0.3) is 0 Å². The van der Waals surface area contributed by atoms with Crippen molar-refractivity contribution in [3.8, 4) is 0 Å². The number of benzene rings is 1. The zero-order chi connectivity index (χ0) is 25.8. The summed E-state index contributed by atoms with van der Waals surface area (Å²) in [5, 5.41) is 17.7. The second-order valence-electron chi connectivity index (χ2n) is 7.60. The largest absolute Gasteiger partial charge is 0.416 e. The van der Waals surface area contributed by atoms with Crippen LogP contribution in [0.4, 0.5) is 18.9 Å². The molecule has 3 N–H and O–H groups in total. The Labute approximate surface area is 202 Å². The van der Waals surface area contributed by atoms with Crippen molar-refractivity contribution in [1.29, 1.82) is 0 Å². The molecule has 1 aromatic carbocycles. The fourth-order valence-corrected chi connectivity index (χ4v) is 3.40. The molecular formula is C22H21ClF3N5O4. The van der Waals surface area contributed by atoms with Crippen LogP contribution in [0.2, 0.25) is 5.02 Å². The molecule has 0 aliphatic carbocycles. The van der Waals surface area contributed by atoms with Crippen LogP contribution in [0.3, 0.4) is 0 Å². The van der Waals surface area contributed by atoms with Gasteiger partial charge in [0, 0.05) is 18.4 Å². The normalized spacial score (nSPS) is 12.3. The molecule has 2 aromatic heterocycles. The first-order valence-electron chi connectivity index (χ1n) is 10.4. The Morgan fingerprint density at radius 2 is 1.94 bits per heavy atom. The number of nitrogens with zero attached hydrogens (tertiary/aromatic N) is 3. The van der Waals surface area contributed by atoms with Gasteiger partial charge in [-0.25, -0.2) is 9.97 Å². The molecule has 0 bridgehead atoms. The van der Waals surface area contributed by atoms with Gasteiger partial charge >= 0.3 is 6.18 Å². The van der Waals surface area contributed by atoms with Crippen LogP contribution >= 0.6 is 11.6 Å². The molecule has 13 heteroatoms. The summed E-state index contributed by atoms with van der Waals surface area (Å²) in [4.78, 5) is 33.0. The van der Waals surface area contributed by atoms with E-state index in [4.69, 9.17) is 21.2 Å². The van der Waals surface area contributed by atoms with Crippen LogP contribution in [0.1, 0.15) is 62.9 Å². The molecule has 35 heavy (non-hydrogen) atoms. The van der Waals surface area contributed by atoms with Gasteiger partial charge in [-0.1, -0.05) is 22.8 Å².